The number of hydrogen-bond acceptors (Lipinski definition) is 10. The molecule has 272 valence electrons. The molecule has 0 radical (unpaired) electrons. The zero-order valence-corrected chi connectivity index (χ0v) is 30.7. The Morgan fingerprint density at radius 2 is 1.16 bits per heavy atom. The van der Waals surface area contributed by atoms with Gasteiger partial charge in [-0.1, -0.05) is 12.8 Å². The molecule has 2 aromatic carbocycles. The second kappa shape index (κ2) is 17.4. The van der Waals surface area contributed by atoms with E-state index in [0.29, 0.717) is 66.7 Å². The van der Waals surface area contributed by atoms with Gasteiger partial charge in [0.05, 0.1) is 36.7 Å². The fourth-order valence-corrected chi connectivity index (χ4v) is 5.74. The van der Waals surface area contributed by atoms with Crippen molar-refractivity contribution in [2.45, 2.75) is 77.9 Å². The summed E-state index contributed by atoms with van der Waals surface area (Å²) in [5.74, 6) is 2.35. The fraction of sp³-hybridized carbons (Fsp3) is 0.526. The van der Waals surface area contributed by atoms with Crippen LogP contribution in [0.25, 0.3) is 0 Å². The third-order valence-corrected chi connectivity index (χ3v) is 8.42. The Labute approximate surface area is 295 Å². The van der Waals surface area contributed by atoms with Crippen LogP contribution in [0.3, 0.4) is 0 Å². The number of aryl methyl sites for hydroxylation is 1. The van der Waals surface area contributed by atoms with Gasteiger partial charge in [-0.2, -0.15) is 0 Å². The maximum atomic E-state index is 12.8. The van der Waals surface area contributed by atoms with E-state index in [2.05, 4.69) is 5.92 Å². The van der Waals surface area contributed by atoms with Gasteiger partial charge in [-0.05, 0) is 89.6 Å². The second-order valence-electron chi connectivity index (χ2n) is 12.9. The first-order chi connectivity index (χ1) is 23.7. The topological polar surface area (TPSA) is 130 Å². The summed E-state index contributed by atoms with van der Waals surface area (Å²) in [4.78, 5) is 53.1. The lowest BCUT2D eigenvalue weighted by Crippen LogP contribution is -2.52. The summed E-state index contributed by atoms with van der Waals surface area (Å²) in [5.41, 5.74) is 1.13. The van der Waals surface area contributed by atoms with E-state index in [1.807, 2.05) is 13.0 Å². The summed E-state index contributed by atoms with van der Waals surface area (Å²) in [6.45, 7) is 11.2. The number of methoxy groups -OCH3 is 4. The molecule has 0 N–H and O–H groups in total. The Bertz CT molecular complexity index is 1610. The zero-order chi connectivity index (χ0) is 37.2. The Kier molecular flexibility index (Phi) is 13.8. The second-order valence-corrected chi connectivity index (χ2v) is 12.9. The molecule has 2 aromatic rings. The van der Waals surface area contributed by atoms with E-state index in [-0.39, 0.29) is 17.4 Å². The first-order valence-electron chi connectivity index (χ1n) is 16.7. The van der Waals surface area contributed by atoms with Crippen LogP contribution in [0.5, 0.6) is 11.5 Å². The van der Waals surface area contributed by atoms with E-state index in [0.717, 1.165) is 31.2 Å². The van der Waals surface area contributed by atoms with E-state index < -0.39 is 23.1 Å². The summed E-state index contributed by atoms with van der Waals surface area (Å²) < 4.78 is 31.6. The number of hydrogen-bond donors (Lipinski definition) is 0. The smallest absolute Gasteiger partial charge is 0.339 e. The maximum absolute atomic E-state index is 12.8. The number of carbonyl (C=O) groups excluding carboxylic acids is 4. The van der Waals surface area contributed by atoms with Crippen LogP contribution in [0.4, 0.5) is 11.4 Å². The lowest BCUT2D eigenvalue weighted by Gasteiger charge is -2.39. The summed E-state index contributed by atoms with van der Waals surface area (Å²) in [6.07, 6.45) is 9.43. The van der Waals surface area contributed by atoms with Crippen LogP contribution < -0.4 is 19.3 Å². The van der Waals surface area contributed by atoms with Gasteiger partial charge in [0.15, 0.2) is 11.2 Å². The number of terminal acetylenes is 1. The molecule has 0 saturated carbocycles. The van der Waals surface area contributed by atoms with Gasteiger partial charge < -0.3 is 38.2 Å². The van der Waals surface area contributed by atoms with Crippen LogP contribution in [-0.4, -0.2) is 89.7 Å². The minimum absolute atomic E-state index is 0.113. The number of unbranched alkanes of at least 4 members (excludes halogenated alkanes) is 2. The monoisotopic (exact) mass is 694 g/mol. The van der Waals surface area contributed by atoms with E-state index in [9.17, 15) is 19.2 Å². The molecule has 2 amide bonds. The standard InChI is InChI=1S/C19H27NO5.C19H23NO5/c2*1-6-13-11-16-15(12-14(13)17(21)24-5)20(9-7-8-10-23-4)18(22)19(2,3)25-16/h11-12H,6-10H2,1-5H3;1,11-12H,7-10H2,2-5H3. The highest BCUT2D eigenvalue weighted by molar-refractivity contribution is 6.05. The lowest BCUT2D eigenvalue weighted by atomic mass is 9.98. The van der Waals surface area contributed by atoms with Crippen LogP contribution in [0, 0.1) is 12.3 Å². The van der Waals surface area contributed by atoms with Gasteiger partial charge in [0.2, 0.25) is 0 Å². The van der Waals surface area contributed by atoms with E-state index >= 15 is 0 Å². The highest BCUT2D eigenvalue weighted by atomic mass is 16.5. The number of amides is 2. The molecule has 0 aromatic heterocycles. The van der Waals surface area contributed by atoms with Crippen molar-refractivity contribution in [1.82, 2.24) is 0 Å². The van der Waals surface area contributed by atoms with Crippen molar-refractivity contribution in [3.63, 3.8) is 0 Å². The average Bonchev–Trinajstić information content (AvgIpc) is 3.09. The van der Waals surface area contributed by atoms with Crippen molar-refractivity contribution in [1.29, 1.82) is 0 Å². The number of carbonyl (C=O) groups is 4. The SMILES string of the molecule is C#Cc1cc2c(cc1C(=O)OC)N(CCCCOC)C(=O)C(C)(C)O2.CCc1cc2c(cc1C(=O)OC)N(CCCCOC)C(=O)C(C)(C)O2. The van der Waals surface area contributed by atoms with Crippen molar-refractivity contribution in [3.8, 4) is 23.8 Å². The number of fused-ring (bicyclic) bond motifs is 2. The molecule has 0 fully saturated rings. The van der Waals surface area contributed by atoms with Crippen LogP contribution in [0.1, 0.15) is 92.1 Å². The minimum atomic E-state index is -1.01. The number of esters is 2. The molecule has 2 aliphatic heterocycles. The number of rotatable bonds is 13. The Morgan fingerprint density at radius 1 is 0.720 bits per heavy atom. The number of ether oxygens (including phenoxy) is 6. The molecule has 2 aliphatic rings. The van der Waals surface area contributed by atoms with E-state index in [4.69, 9.17) is 34.8 Å². The molecule has 0 spiro atoms. The van der Waals surface area contributed by atoms with Crippen molar-refractivity contribution in [2.75, 3.05) is 64.5 Å². The third-order valence-electron chi connectivity index (χ3n) is 8.42. The summed E-state index contributed by atoms with van der Waals surface area (Å²) in [6, 6.07) is 6.74. The summed E-state index contributed by atoms with van der Waals surface area (Å²) in [5, 5.41) is 0. The molecular weight excluding hydrogens is 644 g/mol. The number of nitrogens with zero attached hydrogens (tertiary/aromatic N) is 2. The fourth-order valence-electron chi connectivity index (χ4n) is 5.74. The third kappa shape index (κ3) is 8.94. The predicted octanol–water partition coefficient (Wildman–Crippen LogP) is 5.35. The first kappa shape index (κ1) is 39.8. The van der Waals surface area contributed by atoms with Gasteiger partial charge in [0.25, 0.3) is 11.8 Å². The van der Waals surface area contributed by atoms with Gasteiger partial charge in [0.1, 0.15) is 11.5 Å². The summed E-state index contributed by atoms with van der Waals surface area (Å²) in [7, 11) is 5.94. The molecule has 4 rings (SSSR count). The van der Waals surface area contributed by atoms with Crippen molar-refractivity contribution in [2.24, 2.45) is 0 Å². The van der Waals surface area contributed by atoms with Crippen molar-refractivity contribution < 1.29 is 47.6 Å². The van der Waals surface area contributed by atoms with Crippen LogP contribution >= 0.6 is 0 Å². The summed E-state index contributed by atoms with van der Waals surface area (Å²) >= 11 is 0. The van der Waals surface area contributed by atoms with Crippen LogP contribution in [-0.2, 0) is 35.0 Å². The molecule has 2 heterocycles. The molecule has 12 nitrogen and oxygen atoms in total. The largest absolute Gasteiger partial charge is 0.476 e. The average molecular weight is 695 g/mol. The van der Waals surface area contributed by atoms with Gasteiger partial charge in [-0.25, -0.2) is 9.59 Å². The van der Waals surface area contributed by atoms with Crippen molar-refractivity contribution >= 4 is 35.1 Å². The predicted molar refractivity (Wildman–Crippen MR) is 189 cm³/mol. The molecule has 0 unspecified atom stereocenters. The van der Waals surface area contributed by atoms with E-state index in [1.54, 1.807) is 69.9 Å². The van der Waals surface area contributed by atoms with Gasteiger partial charge in [0, 0.05) is 46.1 Å². The maximum Gasteiger partial charge on any atom is 0.339 e. The highest BCUT2D eigenvalue weighted by Gasteiger charge is 2.42. The molecule has 0 atom stereocenters. The van der Waals surface area contributed by atoms with E-state index in [1.165, 1.54) is 14.2 Å². The molecule has 12 heteroatoms. The number of anilines is 2. The first-order valence-corrected chi connectivity index (χ1v) is 16.7. The Morgan fingerprint density at radius 3 is 1.58 bits per heavy atom. The molecule has 50 heavy (non-hydrogen) atoms. The zero-order valence-electron chi connectivity index (χ0n) is 30.7. The van der Waals surface area contributed by atoms with Gasteiger partial charge in [-0.3, -0.25) is 9.59 Å². The number of benzene rings is 2. The van der Waals surface area contributed by atoms with Gasteiger partial charge in [-0.15, -0.1) is 6.42 Å². The Hall–Kier alpha value is -4.60. The van der Waals surface area contributed by atoms with Crippen molar-refractivity contribution in [3.05, 3.63) is 46.5 Å². The Balaban J connectivity index is 0.000000270. The normalized spacial score (nSPS) is 15.4. The minimum Gasteiger partial charge on any atom is -0.476 e. The molecule has 0 bridgehead atoms. The van der Waals surface area contributed by atoms with Crippen LogP contribution in [0.15, 0.2) is 24.3 Å². The van der Waals surface area contributed by atoms with Gasteiger partial charge >= 0.3 is 11.9 Å². The highest BCUT2D eigenvalue weighted by Crippen LogP contribution is 2.41. The molecule has 0 aliphatic carbocycles. The molecule has 0 saturated heterocycles. The van der Waals surface area contributed by atoms with Crippen LogP contribution in [0.2, 0.25) is 0 Å². The molecular formula is C38H50N2O10. The quantitative estimate of drug-likeness (QED) is 0.154. The lowest BCUT2D eigenvalue weighted by molar-refractivity contribution is -0.133.